The number of carboxylic acids is 1. The van der Waals surface area contributed by atoms with E-state index in [4.69, 9.17) is 9.84 Å². The van der Waals surface area contributed by atoms with Crippen LogP contribution < -0.4 is 5.32 Å². The molecule has 5 heteroatoms. The lowest BCUT2D eigenvalue weighted by atomic mass is 9.69. The van der Waals surface area contributed by atoms with Gasteiger partial charge in [0, 0.05) is 0 Å². The van der Waals surface area contributed by atoms with E-state index >= 15 is 0 Å². The highest BCUT2D eigenvalue weighted by Gasteiger charge is 2.52. The van der Waals surface area contributed by atoms with E-state index in [0.717, 1.165) is 0 Å². The van der Waals surface area contributed by atoms with Gasteiger partial charge in [-0.25, -0.2) is 4.79 Å². The van der Waals surface area contributed by atoms with Gasteiger partial charge >= 0.3 is 12.1 Å². The van der Waals surface area contributed by atoms with Crippen LogP contribution in [0.2, 0.25) is 0 Å². The number of ether oxygens (including phenoxy) is 1. The second kappa shape index (κ2) is 2.12. The Kier molecular flexibility index (Phi) is 1.31. The van der Waals surface area contributed by atoms with Crippen LogP contribution in [0.1, 0.15) is 12.8 Å². The Bertz CT molecular complexity index is 244. The van der Waals surface area contributed by atoms with Crippen molar-refractivity contribution in [3.63, 3.8) is 0 Å². The van der Waals surface area contributed by atoms with E-state index in [-0.39, 0.29) is 11.5 Å². The van der Waals surface area contributed by atoms with Crippen molar-refractivity contribution < 1.29 is 19.4 Å². The topological polar surface area (TPSA) is 75.6 Å². The summed E-state index contributed by atoms with van der Waals surface area (Å²) in [6.45, 7) is 0.315. The molecule has 12 heavy (non-hydrogen) atoms. The molecule has 0 bridgehead atoms. The van der Waals surface area contributed by atoms with E-state index < -0.39 is 12.1 Å². The Morgan fingerprint density at radius 1 is 1.67 bits per heavy atom. The second-order valence-electron chi connectivity index (χ2n) is 3.42. The van der Waals surface area contributed by atoms with Crippen molar-refractivity contribution in [3.8, 4) is 0 Å². The lowest BCUT2D eigenvalue weighted by Gasteiger charge is -2.40. The van der Waals surface area contributed by atoms with Gasteiger partial charge in [-0.2, -0.15) is 0 Å². The molecular formula is C7H9NO4. The number of cyclic esters (lactones) is 1. The molecule has 1 saturated heterocycles. The van der Waals surface area contributed by atoms with Crippen molar-refractivity contribution in [2.45, 2.75) is 18.4 Å². The van der Waals surface area contributed by atoms with E-state index in [9.17, 15) is 9.59 Å². The summed E-state index contributed by atoms with van der Waals surface area (Å²) in [6, 6.07) is 0. The number of hydrogen-bond acceptors (Lipinski definition) is 3. The zero-order valence-corrected chi connectivity index (χ0v) is 6.37. The second-order valence-corrected chi connectivity index (χ2v) is 3.42. The van der Waals surface area contributed by atoms with Crippen LogP contribution >= 0.6 is 0 Å². The number of carboxylic acid groups (broad SMARTS) is 1. The van der Waals surface area contributed by atoms with Gasteiger partial charge in [-0.1, -0.05) is 0 Å². The minimum atomic E-state index is -0.790. The predicted molar refractivity (Wildman–Crippen MR) is 37.6 cm³/mol. The molecule has 2 fully saturated rings. The molecule has 1 spiro atoms. The molecule has 66 valence electrons. The van der Waals surface area contributed by atoms with Crippen LogP contribution in [-0.4, -0.2) is 29.3 Å². The van der Waals surface area contributed by atoms with Crippen molar-refractivity contribution in [3.05, 3.63) is 0 Å². The van der Waals surface area contributed by atoms with Crippen LogP contribution in [0.5, 0.6) is 0 Å². The van der Waals surface area contributed by atoms with Gasteiger partial charge in [0.05, 0.1) is 11.5 Å². The summed E-state index contributed by atoms with van der Waals surface area (Å²) < 4.78 is 4.70. The molecule has 0 aromatic rings. The summed E-state index contributed by atoms with van der Waals surface area (Å²) in [4.78, 5) is 21.1. The molecule has 5 nitrogen and oxygen atoms in total. The maximum absolute atomic E-state index is 10.6. The van der Waals surface area contributed by atoms with Crippen LogP contribution in [0.3, 0.4) is 0 Å². The van der Waals surface area contributed by atoms with Gasteiger partial charge in [0.25, 0.3) is 0 Å². The number of nitrogens with one attached hydrogen (secondary N) is 1. The summed E-state index contributed by atoms with van der Waals surface area (Å²) in [5, 5.41) is 11.2. The van der Waals surface area contributed by atoms with Crippen LogP contribution in [0, 0.1) is 5.92 Å². The Morgan fingerprint density at radius 2 is 2.33 bits per heavy atom. The first-order chi connectivity index (χ1) is 5.61. The van der Waals surface area contributed by atoms with E-state index in [2.05, 4.69) is 5.32 Å². The van der Waals surface area contributed by atoms with E-state index in [0.29, 0.717) is 19.4 Å². The number of rotatable bonds is 1. The molecule has 0 atom stereocenters. The first-order valence-electron chi connectivity index (χ1n) is 3.79. The van der Waals surface area contributed by atoms with Gasteiger partial charge in [-0.3, -0.25) is 4.79 Å². The molecule has 2 aliphatic rings. The number of hydrogen-bond donors (Lipinski definition) is 2. The zero-order chi connectivity index (χ0) is 8.77. The SMILES string of the molecule is O=C1NC2(CO1)CC(C(=O)O)C2. The maximum atomic E-state index is 10.6. The minimum Gasteiger partial charge on any atom is -0.481 e. The highest BCUT2D eigenvalue weighted by atomic mass is 16.6. The standard InChI is InChI=1S/C7H9NO4/c9-5(10)4-1-7(2-4)3-12-6(11)8-7/h4H,1-3H2,(H,8,11)(H,9,10). The highest BCUT2D eigenvalue weighted by Crippen LogP contribution is 2.40. The summed E-state index contributed by atoms with van der Waals surface area (Å²) in [5.74, 6) is -1.10. The normalized spacial score (nSPS) is 38.7. The molecule has 1 aliphatic carbocycles. The van der Waals surface area contributed by atoms with Crippen LogP contribution in [-0.2, 0) is 9.53 Å². The van der Waals surface area contributed by atoms with Crippen molar-refractivity contribution >= 4 is 12.1 Å². The average Bonchev–Trinajstić information content (AvgIpc) is 2.27. The van der Waals surface area contributed by atoms with Crippen LogP contribution in [0.15, 0.2) is 0 Å². The van der Waals surface area contributed by atoms with E-state index in [1.165, 1.54) is 0 Å². The molecule has 2 N–H and O–H groups in total. The Morgan fingerprint density at radius 3 is 2.75 bits per heavy atom. The largest absolute Gasteiger partial charge is 0.481 e. The average molecular weight is 171 g/mol. The third-order valence-corrected chi connectivity index (χ3v) is 2.47. The fraction of sp³-hybridized carbons (Fsp3) is 0.714. The maximum Gasteiger partial charge on any atom is 0.407 e. The smallest absolute Gasteiger partial charge is 0.407 e. The quantitative estimate of drug-likeness (QED) is 0.580. The fourth-order valence-corrected chi connectivity index (χ4v) is 1.77. The lowest BCUT2D eigenvalue weighted by molar-refractivity contribution is -0.147. The molecule has 0 aromatic carbocycles. The summed E-state index contributed by atoms with van der Waals surface area (Å²) in [6.07, 6.45) is 0.557. The van der Waals surface area contributed by atoms with Crippen molar-refractivity contribution in [2.24, 2.45) is 5.92 Å². The van der Waals surface area contributed by atoms with E-state index in [1.54, 1.807) is 0 Å². The lowest BCUT2D eigenvalue weighted by Crippen LogP contribution is -2.56. The highest BCUT2D eigenvalue weighted by molar-refractivity contribution is 5.75. The molecule has 1 heterocycles. The first-order valence-corrected chi connectivity index (χ1v) is 3.79. The zero-order valence-electron chi connectivity index (χ0n) is 6.37. The van der Waals surface area contributed by atoms with Gasteiger partial charge in [-0.15, -0.1) is 0 Å². The van der Waals surface area contributed by atoms with Gasteiger partial charge < -0.3 is 15.2 Å². The molecule has 0 radical (unpaired) electrons. The van der Waals surface area contributed by atoms with Gasteiger partial charge in [-0.05, 0) is 12.8 Å². The third-order valence-electron chi connectivity index (χ3n) is 2.47. The molecule has 0 aromatic heterocycles. The number of carbonyl (C=O) groups is 2. The Hall–Kier alpha value is -1.26. The number of alkyl carbamates (subject to hydrolysis) is 1. The predicted octanol–water partition coefficient (Wildman–Crippen LogP) is -0.0404. The monoisotopic (exact) mass is 171 g/mol. The molecular weight excluding hydrogens is 162 g/mol. The molecule has 0 unspecified atom stereocenters. The third kappa shape index (κ3) is 0.929. The molecule has 1 saturated carbocycles. The van der Waals surface area contributed by atoms with Crippen LogP contribution in [0.25, 0.3) is 0 Å². The fourth-order valence-electron chi connectivity index (χ4n) is 1.77. The summed E-state index contributed by atoms with van der Waals surface area (Å²) in [5.41, 5.74) is -0.361. The van der Waals surface area contributed by atoms with Crippen molar-refractivity contribution in [2.75, 3.05) is 6.61 Å². The Balaban J connectivity index is 1.95. The van der Waals surface area contributed by atoms with Crippen molar-refractivity contribution in [1.82, 2.24) is 5.32 Å². The summed E-state index contributed by atoms with van der Waals surface area (Å²) >= 11 is 0. The molecule has 1 amide bonds. The van der Waals surface area contributed by atoms with E-state index in [1.807, 2.05) is 0 Å². The molecule has 2 rings (SSSR count). The Labute approximate surface area is 68.7 Å². The van der Waals surface area contributed by atoms with Gasteiger partial charge in [0.15, 0.2) is 0 Å². The number of aliphatic carboxylic acids is 1. The van der Waals surface area contributed by atoms with Crippen LogP contribution in [0.4, 0.5) is 4.79 Å². The van der Waals surface area contributed by atoms with Crippen molar-refractivity contribution in [1.29, 1.82) is 0 Å². The van der Waals surface area contributed by atoms with Gasteiger partial charge in [0.2, 0.25) is 0 Å². The number of amides is 1. The minimum absolute atomic E-state index is 0.313. The summed E-state index contributed by atoms with van der Waals surface area (Å²) in [7, 11) is 0. The molecule has 1 aliphatic heterocycles. The number of carbonyl (C=O) groups excluding carboxylic acids is 1. The first kappa shape index (κ1) is 7.39. The van der Waals surface area contributed by atoms with Gasteiger partial charge in [0.1, 0.15) is 6.61 Å².